The summed E-state index contributed by atoms with van der Waals surface area (Å²) in [5, 5.41) is 3.39. The second kappa shape index (κ2) is 7.99. The molecule has 6 heteroatoms. The molecular weight excluding hydrogens is 341 g/mol. The topological polar surface area (TPSA) is 32.3 Å². The molecular formula is C20H27F3N2O. The maximum absolute atomic E-state index is 12.8. The third-order valence-electron chi connectivity index (χ3n) is 5.58. The van der Waals surface area contributed by atoms with Gasteiger partial charge in [0.15, 0.2) is 0 Å². The van der Waals surface area contributed by atoms with Gasteiger partial charge in [-0.3, -0.25) is 4.79 Å². The van der Waals surface area contributed by atoms with E-state index in [0.29, 0.717) is 24.8 Å². The number of carbonyl (C=O) groups is 1. The molecule has 3 rings (SSSR count). The van der Waals surface area contributed by atoms with Crippen LogP contribution in [0.1, 0.15) is 50.2 Å². The fourth-order valence-electron chi connectivity index (χ4n) is 3.73. The number of benzene rings is 1. The van der Waals surface area contributed by atoms with Crippen LogP contribution in [-0.2, 0) is 17.5 Å². The Morgan fingerprint density at radius 1 is 1.23 bits per heavy atom. The number of alkyl halides is 3. The summed E-state index contributed by atoms with van der Waals surface area (Å²) in [5.41, 5.74) is 0.106. The van der Waals surface area contributed by atoms with Crippen LogP contribution in [0.15, 0.2) is 24.3 Å². The van der Waals surface area contributed by atoms with E-state index in [1.54, 1.807) is 0 Å². The number of hydrogen-bond donors (Lipinski definition) is 1. The quantitative estimate of drug-likeness (QED) is 0.815. The van der Waals surface area contributed by atoms with Crippen LogP contribution in [0, 0.1) is 11.8 Å². The third-order valence-corrected chi connectivity index (χ3v) is 5.58. The van der Waals surface area contributed by atoms with Gasteiger partial charge in [0.05, 0.1) is 5.56 Å². The molecule has 1 amide bonds. The van der Waals surface area contributed by atoms with Gasteiger partial charge in [-0.25, -0.2) is 0 Å². The maximum Gasteiger partial charge on any atom is 0.416 e. The molecule has 1 heterocycles. The van der Waals surface area contributed by atoms with Crippen molar-refractivity contribution in [1.29, 1.82) is 0 Å². The van der Waals surface area contributed by atoms with Gasteiger partial charge in [-0.05, 0) is 68.3 Å². The molecule has 1 aromatic carbocycles. The molecule has 1 aromatic rings. The van der Waals surface area contributed by atoms with Crippen LogP contribution in [-0.4, -0.2) is 29.9 Å². The van der Waals surface area contributed by atoms with Crippen LogP contribution in [0.4, 0.5) is 13.2 Å². The summed E-state index contributed by atoms with van der Waals surface area (Å²) >= 11 is 0. The second-order valence-corrected chi connectivity index (χ2v) is 7.74. The lowest BCUT2D eigenvalue weighted by Crippen LogP contribution is -2.37. The van der Waals surface area contributed by atoms with Crippen LogP contribution in [0.25, 0.3) is 0 Å². The second-order valence-electron chi connectivity index (χ2n) is 7.74. The van der Waals surface area contributed by atoms with Gasteiger partial charge in [-0.15, -0.1) is 0 Å². The zero-order valence-electron chi connectivity index (χ0n) is 15.2. The Bertz CT molecular complexity index is 604. The van der Waals surface area contributed by atoms with Crippen molar-refractivity contribution in [2.75, 3.05) is 13.1 Å². The first-order chi connectivity index (χ1) is 12.3. The lowest BCUT2D eigenvalue weighted by molar-refractivity contribution is -0.137. The van der Waals surface area contributed by atoms with Crippen molar-refractivity contribution >= 4 is 5.91 Å². The summed E-state index contributed by atoms with van der Waals surface area (Å²) in [7, 11) is 0. The van der Waals surface area contributed by atoms with Gasteiger partial charge in [-0.1, -0.05) is 19.1 Å². The third kappa shape index (κ3) is 5.00. The van der Waals surface area contributed by atoms with Crippen molar-refractivity contribution in [3.63, 3.8) is 0 Å². The number of carbonyl (C=O) groups excluding carboxylic acids is 1. The van der Waals surface area contributed by atoms with E-state index in [0.717, 1.165) is 56.5 Å². The Hall–Kier alpha value is -1.56. The molecule has 2 unspecified atom stereocenters. The van der Waals surface area contributed by atoms with E-state index in [-0.39, 0.29) is 11.9 Å². The maximum atomic E-state index is 12.8. The molecule has 1 N–H and O–H groups in total. The van der Waals surface area contributed by atoms with Crippen molar-refractivity contribution < 1.29 is 18.0 Å². The van der Waals surface area contributed by atoms with Gasteiger partial charge < -0.3 is 10.2 Å². The van der Waals surface area contributed by atoms with E-state index in [4.69, 9.17) is 0 Å². The van der Waals surface area contributed by atoms with Crippen molar-refractivity contribution in [3.8, 4) is 0 Å². The summed E-state index contributed by atoms with van der Waals surface area (Å²) in [6.45, 7) is 4.56. The standard InChI is InChI=1S/C20H27F3N2O/c1-14(16-3-2-10-24-12-16)11-19(26)25(18-8-9-18)13-15-4-6-17(7-5-15)20(21,22)23/h4-7,14,16,18,24H,2-3,8-13H2,1H3. The van der Waals surface area contributed by atoms with Crippen LogP contribution in [0.5, 0.6) is 0 Å². The summed E-state index contributed by atoms with van der Waals surface area (Å²) in [5.74, 6) is 0.981. The molecule has 1 saturated carbocycles. The number of piperidine rings is 1. The number of halogens is 3. The molecule has 26 heavy (non-hydrogen) atoms. The number of nitrogens with zero attached hydrogens (tertiary/aromatic N) is 1. The molecule has 2 atom stereocenters. The smallest absolute Gasteiger partial charge is 0.335 e. The van der Waals surface area contributed by atoms with E-state index in [1.165, 1.54) is 12.1 Å². The summed E-state index contributed by atoms with van der Waals surface area (Å²) in [4.78, 5) is 14.7. The van der Waals surface area contributed by atoms with Gasteiger partial charge in [0, 0.05) is 19.0 Å². The van der Waals surface area contributed by atoms with Crippen molar-refractivity contribution in [2.45, 2.75) is 57.8 Å². The van der Waals surface area contributed by atoms with Gasteiger partial charge in [0.2, 0.25) is 5.91 Å². The van der Waals surface area contributed by atoms with Gasteiger partial charge in [0.1, 0.15) is 0 Å². The lowest BCUT2D eigenvalue weighted by atomic mass is 9.85. The first-order valence-corrected chi connectivity index (χ1v) is 9.51. The highest BCUT2D eigenvalue weighted by atomic mass is 19.4. The largest absolute Gasteiger partial charge is 0.416 e. The normalized spacial score (nSPS) is 22.1. The number of hydrogen-bond acceptors (Lipinski definition) is 2. The average molecular weight is 368 g/mol. The molecule has 1 aliphatic heterocycles. The monoisotopic (exact) mass is 368 g/mol. The van der Waals surface area contributed by atoms with E-state index >= 15 is 0 Å². The summed E-state index contributed by atoms with van der Waals surface area (Å²) in [6, 6.07) is 5.42. The molecule has 1 saturated heterocycles. The van der Waals surface area contributed by atoms with Crippen molar-refractivity contribution in [3.05, 3.63) is 35.4 Å². The number of amides is 1. The van der Waals surface area contributed by atoms with Crippen LogP contribution in [0.2, 0.25) is 0 Å². The zero-order valence-corrected chi connectivity index (χ0v) is 15.2. The first-order valence-electron chi connectivity index (χ1n) is 9.51. The Morgan fingerprint density at radius 3 is 2.46 bits per heavy atom. The van der Waals surface area contributed by atoms with Crippen molar-refractivity contribution in [2.24, 2.45) is 11.8 Å². The molecule has 0 bridgehead atoms. The molecule has 0 aromatic heterocycles. The van der Waals surface area contributed by atoms with Crippen LogP contribution < -0.4 is 5.32 Å². The van der Waals surface area contributed by atoms with E-state index < -0.39 is 11.7 Å². The molecule has 0 radical (unpaired) electrons. The molecule has 144 valence electrons. The molecule has 2 aliphatic rings. The first kappa shape index (κ1) is 19.2. The van der Waals surface area contributed by atoms with Crippen molar-refractivity contribution in [1.82, 2.24) is 10.2 Å². The summed E-state index contributed by atoms with van der Waals surface area (Å²) < 4.78 is 38.1. The Kier molecular flexibility index (Phi) is 5.90. The zero-order chi connectivity index (χ0) is 18.7. The molecule has 0 spiro atoms. The number of nitrogens with one attached hydrogen (secondary N) is 1. The highest BCUT2D eigenvalue weighted by molar-refractivity contribution is 5.77. The molecule has 1 aliphatic carbocycles. The van der Waals surface area contributed by atoms with E-state index in [2.05, 4.69) is 12.2 Å². The minimum Gasteiger partial charge on any atom is -0.335 e. The minimum atomic E-state index is -4.33. The minimum absolute atomic E-state index is 0.130. The Balaban J connectivity index is 1.60. The Morgan fingerprint density at radius 2 is 1.92 bits per heavy atom. The average Bonchev–Trinajstić information content (AvgIpc) is 3.45. The number of rotatable bonds is 6. The lowest BCUT2D eigenvalue weighted by Gasteiger charge is -2.30. The Labute approximate surface area is 152 Å². The van der Waals surface area contributed by atoms with Gasteiger partial charge in [0.25, 0.3) is 0 Å². The fraction of sp³-hybridized carbons (Fsp3) is 0.650. The predicted molar refractivity (Wildman–Crippen MR) is 94.4 cm³/mol. The van der Waals surface area contributed by atoms with E-state index in [9.17, 15) is 18.0 Å². The van der Waals surface area contributed by atoms with Gasteiger partial charge in [-0.2, -0.15) is 13.2 Å². The SMILES string of the molecule is CC(CC(=O)N(Cc1ccc(C(F)(F)F)cc1)C1CC1)C1CCCNC1. The van der Waals surface area contributed by atoms with Gasteiger partial charge >= 0.3 is 6.18 Å². The van der Waals surface area contributed by atoms with E-state index in [1.807, 2.05) is 4.90 Å². The summed E-state index contributed by atoms with van der Waals surface area (Å²) in [6.07, 6.45) is 0.486. The predicted octanol–water partition coefficient (Wildman–Crippen LogP) is 4.22. The molecule has 2 fully saturated rings. The fourth-order valence-corrected chi connectivity index (χ4v) is 3.73. The highest BCUT2D eigenvalue weighted by Gasteiger charge is 2.34. The highest BCUT2D eigenvalue weighted by Crippen LogP contribution is 2.32. The van der Waals surface area contributed by atoms with Crippen LogP contribution in [0.3, 0.4) is 0 Å². The van der Waals surface area contributed by atoms with Crippen LogP contribution >= 0.6 is 0 Å². The molecule has 3 nitrogen and oxygen atoms in total.